The molecular formula is C15H19N3O3. The standard InChI is InChI=1S/C15H19N3O3/c1-3-4-5-11(15(20)21)17-14(19)10-6-7-13-12(8-10)16-9-18(13)2/h6-9,11H,3-5H2,1-2H3,(H,17,19)(H,20,21). The number of hydrogen-bond acceptors (Lipinski definition) is 3. The van der Waals surface area contributed by atoms with Crippen molar-refractivity contribution in [1.29, 1.82) is 0 Å². The molecule has 1 unspecified atom stereocenters. The molecule has 0 aliphatic rings. The molecule has 2 rings (SSSR count). The van der Waals surface area contributed by atoms with Gasteiger partial charge < -0.3 is 15.0 Å². The van der Waals surface area contributed by atoms with Gasteiger partial charge in [0.05, 0.1) is 17.4 Å². The van der Waals surface area contributed by atoms with Gasteiger partial charge in [-0.25, -0.2) is 9.78 Å². The second-order valence-electron chi connectivity index (χ2n) is 5.07. The summed E-state index contributed by atoms with van der Waals surface area (Å²) in [6.07, 6.45) is 3.76. The maximum atomic E-state index is 12.2. The van der Waals surface area contributed by atoms with Gasteiger partial charge in [-0.3, -0.25) is 4.79 Å². The summed E-state index contributed by atoms with van der Waals surface area (Å²) in [5, 5.41) is 11.7. The average Bonchev–Trinajstić information content (AvgIpc) is 2.84. The van der Waals surface area contributed by atoms with Crippen LogP contribution in [0.1, 0.15) is 36.5 Å². The number of aryl methyl sites for hydroxylation is 1. The number of unbranched alkanes of at least 4 members (excludes halogenated alkanes) is 1. The fourth-order valence-corrected chi connectivity index (χ4v) is 2.18. The number of benzene rings is 1. The number of amides is 1. The SMILES string of the molecule is CCCCC(NC(=O)c1ccc2c(c1)ncn2C)C(=O)O. The molecule has 0 spiro atoms. The maximum absolute atomic E-state index is 12.2. The van der Waals surface area contributed by atoms with Crippen molar-refractivity contribution in [2.75, 3.05) is 0 Å². The quantitative estimate of drug-likeness (QED) is 0.851. The Labute approximate surface area is 122 Å². The first kappa shape index (κ1) is 15.0. The van der Waals surface area contributed by atoms with Gasteiger partial charge in [0.25, 0.3) is 5.91 Å². The van der Waals surface area contributed by atoms with Crippen molar-refractivity contribution in [3.63, 3.8) is 0 Å². The Bertz CT molecular complexity index is 663. The van der Waals surface area contributed by atoms with E-state index in [1.807, 2.05) is 18.5 Å². The van der Waals surface area contributed by atoms with E-state index in [9.17, 15) is 9.59 Å². The van der Waals surface area contributed by atoms with Gasteiger partial charge in [0.2, 0.25) is 0 Å². The number of fused-ring (bicyclic) bond motifs is 1. The molecule has 0 bridgehead atoms. The van der Waals surface area contributed by atoms with Crippen LogP contribution in [0.25, 0.3) is 11.0 Å². The van der Waals surface area contributed by atoms with E-state index in [-0.39, 0.29) is 5.91 Å². The third-order valence-electron chi connectivity index (χ3n) is 3.44. The number of nitrogens with one attached hydrogen (secondary N) is 1. The summed E-state index contributed by atoms with van der Waals surface area (Å²) in [5.41, 5.74) is 2.06. The summed E-state index contributed by atoms with van der Waals surface area (Å²) >= 11 is 0. The minimum atomic E-state index is -1.00. The molecule has 2 aromatic rings. The van der Waals surface area contributed by atoms with Crippen molar-refractivity contribution in [2.45, 2.75) is 32.2 Å². The molecule has 0 saturated carbocycles. The molecule has 0 radical (unpaired) electrons. The highest BCUT2D eigenvalue weighted by Gasteiger charge is 2.20. The zero-order valence-electron chi connectivity index (χ0n) is 12.2. The van der Waals surface area contributed by atoms with Crippen LogP contribution in [-0.4, -0.2) is 32.6 Å². The second kappa shape index (κ2) is 6.39. The van der Waals surface area contributed by atoms with E-state index in [0.29, 0.717) is 17.5 Å². The van der Waals surface area contributed by atoms with E-state index in [4.69, 9.17) is 5.11 Å². The summed E-state index contributed by atoms with van der Waals surface area (Å²) in [5.74, 6) is -1.39. The van der Waals surface area contributed by atoms with Crippen molar-refractivity contribution < 1.29 is 14.7 Å². The van der Waals surface area contributed by atoms with Gasteiger partial charge in [-0.15, -0.1) is 0 Å². The molecule has 2 N–H and O–H groups in total. The summed E-state index contributed by atoms with van der Waals surface area (Å²) in [6, 6.07) is 4.30. The molecule has 6 heteroatoms. The van der Waals surface area contributed by atoms with Crippen LogP contribution >= 0.6 is 0 Å². The van der Waals surface area contributed by atoms with Gasteiger partial charge in [-0.1, -0.05) is 19.8 Å². The first-order chi connectivity index (χ1) is 10.0. The van der Waals surface area contributed by atoms with Gasteiger partial charge in [0.1, 0.15) is 6.04 Å². The number of imidazole rings is 1. The normalized spacial score (nSPS) is 12.3. The fraction of sp³-hybridized carbons (Fsp3) is 0.400. The minimum Gasteiger partial charge on any atom is -0.480 e. The fourth-order valence-electron chi connectivity index (χ4n) is 2.18. The van der Waals surface area contributed by atoms with Crippen LogP contribution in [0.15, 0.2) is 24.5 Å². The number of hydrogen-bond donors (Lipinski definition) is 2. The van der Waals surface area contributed by atoms with Crippen LogP contribution in [-0.2, 0) is 11.8 Å². The lowest BCUT2D eigenvalue weighted by atomic mass is 10.1. The van der Waals surface area contributed by atoms with Crippen LogP contribution in [0.3, 0.4) is 0 Å². The zero-order chi connectivity index (χ0) is 15.4. The molecule has 1 amide bonds. The number of aliphatic carboxylic acids is 1. The number of nitrogens with zero attached hydrogens (tertiary/aromatic N) is 2. The summed E-state index contributed by atoms with van der Waals surface area (Å²) < 4.78 is 1.86. The number of aromatic nitrogens is 2. The van der Waals surface area contributed by atoms with Crippen molar-refractivity contribution in [2.24, 2.45) is 7.05 Å². The Morgan fingerprint density at radius 2 is 2.19 bits per heavy atom. The lowest BCUT2D eigenvalue weighted by Gasteiger charge is -2.14. The molecule has 112 valence electrons. The van der Waals surface area contributed by atoms with Gasteiger partial charge in [0.15, 0.2) is 0 Å². The maximum Gasteiger partial charge on any atom is 0.326 e. The van der Waals surface area contributed by atoms with Crippen LogP contribution in [0.4, 0.5) is 0 Å². The van der Waals surface area contributed by atoms with Crippen LogP contribution in [0.2, 0.25) is 0 Å². The lowest BCUT2D eigenvalue weighted by Crippen LogP contribution is -2.40. The molecule has 6 nitrogen and oxygen atoms in total. The van der Waals surface area contributed by atoms with Crippen molar-refractivity contribution in [3.05, 3.63) is 30.1 Å². The molecule has 0 saturated heterocycles. The number of carboxylic acid groups (broad SMARTS) is 1. The average molecular weight is 289 g/mol. The molecule has 0 aliphatic carbocycles. The Morgan fingerprint density at radius 3 is 2.86 bits per heavy atom. The van der Waals surface area contributed by atoms with Crippen LogP contribution < -0.4 is 5.32 Å². The molecular weight excluding hydrogens is 270 g/mol. The van der Waals surface area contributed by atoms with Crippen LogP contribution in [0.5, 0.6) is 0 Å². The van der Waals surface area contributed by atoms with Gasteiger partial charge in [-0.2, -0.15) is 0 Å². The van der Waals surface area contributed by atoms with Crippen molar-refractivity contribution in [1.82, 2.24) is 14.9 Å². The number of carboxylic acids is 1. The van der Waals surface area contributed by atoms with E-state index >= 15 is 0 Å². The highest BCUT2D eigenvalue weighted by atomic mass is 16.4. The van der Waals surface area contributed by atoms with Crippen LogP contribution in [0, 0.1) is 0 Å². The second-order valence-corrected chi connectivity index (χ2v) is 5.07. The highest BCUT2D eigenvalue weighted by molar-refractivity contribution is 5.99. The first-order valence-corrected chi connectivity index (χ1v) is 6.97. The molecule has 1 heterocycles. The molecule has 0 fully saturated rings. The van der Waals surface area contributed by atoms with E-state index in [1.54, 1.807) is 24.5 Å². The Balaban J connectivity index is 2.14. The Morgan fingerprint density at radius 1 is 1.43 bits per heavy atom. The van der Waals surface area contributed by atoms with E-state index < -0.39 is 12.0 Å². The smallest absolute Gasteiger partial charge is 0.326 e. The van der Waals surface area contributed by atoms with Crippen molar-refractivity contribution >= 4 is 22.9 Å². The third kappa shape index (κ3) is 3.39. The van der Waals surface area contributed by atoms with E-state index in [1.165, 1.54) is 0 Å². The van der Waals surface area contributed by atoms with Gasteiger partial charge >= 0.3 is 5.97 Å². The summed E-state index contributed by atoms with van der Waals surface area (Å²) in [4.78, 5) is 27.5. The number of carbonyl (C=O) groups excluding carboxylic acids is 1. The predicted molar refractivity (Wildman–Crippen MR) is 79.1 cm³/mol. The number of carbonyl (C=O) groups is 2. The lowest BCUT2D eigenvalue weighted by molar-refractivity contribution is -0.139. The summed E-state index contributed by atoms with van der Waals surface area (Å²) in [6.45, 7) is 1.98. The summed E-state index contributed by atoms with van der Waals surface area (Å²) in [7, 11) is 1.88. The van der Waals surface area contributed by atoms with Gasteiger partial charge in [-0.05, 0) is 24.6 Å². The molecule has 1 atom stereocenters. The molecule has 1 aromatic carbocycles. The first-order valence-electron chi connectivity index (χ1n) is 6.97. The third-order valence-corrected chi connectivity index (χ3v) is 3.44. The molecule has 21 heavy (non-hydrogen) atoms. The number of rotatable bonds is 6. The van der Waals surface area contributed by atoms with Gasteiger partial charge in [0, 0.05) is 12.6 Å². The predicted octanol–water partition coefficient (Wildman–Crippen LogP) is 1.95. The monoisotopic (exact) mass is 289 g/mol. The zero-order valence-corrected chi connectivity index (χ0v) is 12.2. The van der Waals surface area contributed by atoms with Crippen molar-refractivity contribution in [3.8, 4) is 0 Å². The highest BCUT2D eigenvalue weighted by Crippen LogP contribution is 2.14. The molecule has 1 aromatic heterocycles. The van der Waals surface area contributed by atoms with E-state index in [2.05, 4.69) is 10.3 Å². The van der Waals surface area contributed by atoms with E-state index in [0.717, 1.165) is 18.4 Å². The Kier molecular flexibility index (Phi) is 4.57. The largest absolute Gasteiger partial charge is 0.480 e. The minimum absolute atomic E-state index is 0.383. The molecule has 0 aliphatic heterocycles. The Hall–Kier alpha value is -2.37. The topological polar surface area (TPSA) is 84.2 Å².